The molecule has 0 aliphatic rings. The van der Waals surface area contributed by atoms with Gasteiger partial charge in [-0.25, -0.2) is 0 Å². The van der Waals surface area contributed by atoms with Crippen LogP contribution in [0.3, 0.4) is 0 Å². The summed E-state index contributed by atoms with van der Waals surface area (Å²) in [5.41, 5.74) is 1.15. The van der Waals surface area contributed by atoms with E-state index in [1.165, 1.54) is 0 Å². The van der Waals surface area contributed by atoms with Gasteiger partial charge in [0.1, 0.15) is 0 Å². The van der Waals surface area contributed by atoms with Gasteiger partial charge in [0.15, 0.2) is 0 Å². The maximum Gasteiger partial charge on any atom is 1.00 e. The SMILES string of the molecule is CN(C)CCN(C)C.C[Si](C)(C)/N=C(/[N-][Si](C)(C)C)c1ccccc1.[Li+]. The average molecular weight is 387 g/mol. The van der Waals surface area contributed by atoms with Crippen molar-refractivity contribution in [3.8, 4) is 0 Å². The minimum Gasteiger partial charge on any atom is -0.472 e. The second-order valence-electron chi connectivity index (χ2n) is 8.86. The van der Waals surface area contributed by atoms with Gasteiger partial charge in [-0.05, 0) is 33.8 Å². The van der Waals surface area contributed by atoms with E-state index in [0.717, 1.165) is 24.5 Å². The first-order valence-corrected chi connectivity index (χ1v) is 15.9. The van der Waals surface area contributed by atoms with Gasteiger partial charge in [-0.2, -0.15) is 0 Å². The summed E-state index contributed by atoms with van der Waals surface area (Å²) in [4.78, 5) is 9.25. The van der Waals surface area contributed by atoms with Crippen molar-refractivity contribution in [1.29, 1.82) is 0 Å². The van der Waals surface area contributed by atoms with Crippen LogP contribution in [0.4, 0.5) is 0 Å². The summed E-state index contributed by atoms with van der Waals surface area (Å²) in [7, 11) is 5.37. The second-order valence-corrected chi connectivity index (χ2v) is 18.0. The summed E-state index contributed by atoms with van der Waals surface area (Å²) in [6.45, 7) is 15.8. The van der Waals surface area contributed by atoms with Crippen molar-refractivity contribution in [1.82, 2.24) is 9.80 Å². The van der Waals surface area contributed by atoms with Crippen molar-refractivity contribution in [3.05, 3.63) is 40.9 Å². The fraction of sp³-hybridized carbons (Fsp3) is 0.632. The number of hydrogen-bond acceptors (Lipinski definition) is 3. The Hall–Kier alpha value is -0.359. The quantitative estimate of drug-likeness (QED) is 0.423. The number of amidine groups is 1. The van der Waals surface area contributed by atoms with E-state index < -0.39 is 16.5 Å². The molecule has 4 nitrogen and oxygen atoms in total. The molecule has 0 aromatic heterocycles. The molecule has 0 unspecified atom stereocenters. The smallest absolute Gasteiger partial charge is 0.472 e. The molecule has 0 fully saturated rings. The van der Waals surface area contributed by atoms with Crippen LogP contribution in [0.25, 0.3) is 4.98 Å². The molecule has 7 heteroatoms. The van der Waals surface area contributed by atoms with E-state index in [-0.39, 0.29) is 18.9 Å². The Balaban J connectivity index is 0. The molecule has 0 N–H and O–H groups in total. The molecule has 0 spiro atoms. The van der Waals surface area contributed by atoms with Gasteiger partial charge in [-0.15, -0.1) is 0 Å². The average Bonchev–Trinajstić information content (AvgIpc) is 2.43. The summed E-state index contributed by atoms with van der Waals surface area (Å²) in [5.74, 6) is 0.962. The van der Waals surface area contributed by atoms with E-state index in [1.807, 2.05) is 6.07 Å². The van der Waals surface area contributed by atoms with Crippen molar-refractivity contribution < 1.29 is 18.9 Å². The van der Waals surface area contributed by atoms with Crippen LogP contribution in [0.15, 0.2) is 35.0 Å². The molecular weight excluding hydrogens is 347 g/mol. The minimum absolute atomic E-state index is 0. The van der Waals surface area contributed by atoms with Crippen LogP contribution in [-0.2, 0) is 0 Å². The van der Waals surface area contributed by atoms with Crippen molar-refractivity contribution in [2.24, 2.45) is 4.66 Å². The van der Waals surface area contributed by atoms with Gasteiger partial charge in [0.2, 0.25) is 0 Å². The summed E-state index contributed by atoms with van der Waals surface area (Å²) in [6, 6.07) is 10.3. The fourth-order valence-electron chi connectivity index (χ4n) is 1.78. The Morgan fingerprint density at radius 2 is 1.27 bits per heavy atom. The van der Waals surface area contributed by atoms with E-state index in [9.17, 15) is 0 Å². The summed E-state index contributed by atoms with van der Waals surface area (Å²) < 4.78 is 4.89. The normalized spacial score (nSPS) is 12.4. The van der Waals surface area contributed by atoms with Crippen LogP contribution in [0.1, 0.15) is 5.56 Å². The largest absolute Gasteiger partial charge is 1.00 e. The van der Waals surface area contributed by atoms with Gasteiger partial charge in [0.25, 0.3) is 0 Å². The molecular formula is C19H39LiN4Si2. The van der Waals surface area contributed by atoms with E-state index in [0.29, 0.717) is 0 Å². The molecule has 144 valence electrons. The molecule has 0 heterocycles. The van der Waals surface area contributed by atoms with Gasteiger partial charge in [0.05, 0.1) is 0 Å². The zero-order valence-electron chi connectivity index (χ0n) is 19.1. The minimum atomic E-state index is -1.49. The third-order valence-corrected chi connectivity index (χ3v) is 4.67. The molecule has 26 heavy (non-hydrogen) atoms. The third kappa shape index (κ3) is 17.1. The van der Waals surface area contributed by atoms with Gasteiger partial charge in [0, 0.05) is 29.6 Å². The molecule has 0 amide bonds. The molecule has 0 atom stereocenters. The van der Waals surface area contributed by atoms with Gasteiger partial charge in [-0.3, -0.25) is 0 Å². The molecule has 1 rings (SSSR count). The molecule has 0 radical (unpaired) electrons. The zero-order valence-corrected chi connectivity index (χ0v) is 21.1. The van der Waals surface area contributed by atoms with Crippen LogP contribution >= 0.6 is 0 Å². The summed E-state index contributed by atoms with van der Waals surface area (Å²) in [6.07, 6.45) is 0. The van der Waals surface area contributed by atoms with Crippen LogP contribution in [-0.4, -0.2) is 73.4 Å². The first kappa shape index (κ1) is 27.9. The van der Waals surface area contributed by atoms with Crippen molar-refractivity contribution in [2.75, 3.05) is 41.3 Å². The molecule has 0 aliphatic heterocycles. The molecule has 0 saturated heterocycles. The molecule has 0 aliphatic carbocycles. The Morgan fingerprint density at radius 1 is 0.846 bits per heavy atom. The number of likely N-dealkylation sites (N-methyl/N-ethyl adjacent to an activating group) is 2. The van der Waals surface area contributed by atoms with Gasteiger partial charge >= 0.3 is 18.9 Å². The van der Waals surface area contributed by atoms with E-state index in [1.54, 1.807) is 0 Å². The standard InChI is InChI=1S/C13H23N2Si2.C6H16N2.Li/c1-16(2,3)14-13(15-17(4,5)6)12-10-8-7-9-11-12;1-7(2)5-6-8(3)4;/h7-11H,1-6H3;5-6H2,1-4H3;/q-1;;+1. The Morgan fingerprint density at radius 3 is 1.58 bits per heavy atom. The van der Waals surface area contributed by atoms with Crippen LogP contribution in [0, 0.1) is 0 Å². The zero-order chi connectivity index (χ0) is 19.7. The van der Waals surface area contributed by atoms with E-state index in [2.05, 4.69) is 102 Å². The Kier molecular flexibility index (Phi) is 13.8. The Labute approximate surface area is 176 Å². The summed E-state index contributed by atoms with van der Waals surface area (Å²) >= 11 is 0. The fourth-order valence-corrected chi connectivity index (χ4v) is 3.51. The third-order valence-electron chi connectivity index (χ3n) is 2.91. The Bertz CT molecular complexity index is 499. The molecule has 1 aromatic rings. The van der Waals surface area contributed by atoms with Crippen LogP contribution < -0.4 is 18.9 Å². The molecule has 0 saturated carbocycles. The van der Waals surface area contributed by atoms with Crippen LogP contribution in [0.5, 0.6) is 0 Å². The summed E-state index contributed by atoms with van der Waals surface area (Å²) in [5, 5.41) is 0. The van der Waals surface area contributed by atoms with Gasteiger partial charge in [-0.1, -0.05) is 75.4 Å². The van der Waals surface area contributed by atoms with Crippen molar-refractivity contribution in [2.45, 2.75) is 39.3 Å². The monoisotopic (exact) mass is 386 g/mol. The maximum atomic E-state index is 4.89. The predicted octanol–water partition coefficient (Wildman–Crippen LogP) is 1.59. The topological polar surface area (TPSA) is 32.9 Å². The maximum absolute atomic E-state index is 4.89. The van der Waals surface area contributed by atoms with Gasteiger partial charge < -0.3 is 19.4 Å². The van der Waals surface area contributed by atoms with Crippen LogP contribution in [0.2, 0.25) is 39.3 Å². The number of benzene rings is 1. The number of nitrogens with zero attached hydrogens (tertiary/aromatic N) is 4. The molecule has 0 bridgehead atoms. The number of hydrogen-bond donors (Lipinski definition) is 0. The first-order valence-electron chi connectivity index (χ1n) is 8.98. The number of rotatable bonds is 6. The van der Waals surface area contributed by atoms with Crippen molar-refractivity contribution >= 4 is 22.3 Å². The first-order chi connectivity index (χ1) is 11.3. The second kappa shape index (κ2) is 12.9. The van der Waals surface area contributed by atoms with Crippen molar-refractivity contribution in [3.63, 3.8) is 0 Å². The molecule has 1 aromatic carbocycles. The van der Waals surface area contributed by atoms with E-state index >= 15 is 0 Å². The van der Waals surface area contributed by atoms with E-state index in [4.69, 9.17) is 9.64 Å². The predicted molar refractivity (Wildman–Crippen MR) is 120 cm³/mol.